The Morgan fingerprint density at radius 3 is 2.30 bits per heavy atom. The molecule has 0 saturated carbocycles. The summed E-state index contributed by atoms with van der Waals surface area (Å²) in [5.74, 6) is -0.148. The third-order valence-corrected chi connectivity index (χ3v) is 5.76. The van der Waals surface area contributed by atoms with Gasteiger partial charge >= 0.3 is 0 Å². The maximum atomic E-state index is 13.3. The summed E-state index contributed by atoms with van der Waals surface area (Å²) in [5.41, 5.74) is 0.774. The maximum absolute atomic E-state index is 13.3. The number of hydrogen-bond donors (Lipinski definition) is 1. The summed E-state index contributed by atoms with van der Waals surface area (Å²) in [7, 11) is 0. The standard InChI is InChI=1S/C23H28ClFN2O2S/c1-4-21(23(29)26-13-16(2)3)27(14-17-5-9-19(25)10-6-17)22(28)15-30-20-11-7-18(24)8-12-20/h5-12,16,21H,4,13-15H2,1-3H3,(H,26,29)/t21-/m0/s1. The van der Waals surface area contributed by atoms with Gasteiger partial charge < -0.3 is 10.2 Å². The molecule has 0 heterocycles. The van der Waals surface area contributed by atoms with Gasteiger partial charge in [0.05, 0.1) is 5.75 Å². The Hall–Kier alpha value is -2.05. The van der Waals surface area contributed by atoms with Crippen LogP contribution in [0, 0.1) is 11.7 Å². The Bertz CT molecular complexity index is 828. The minimum atomic E-state index is -0.591. The number of thioether (sulfide) groups is 1. The third-order valence-electron chi connectivity index (χ3n) is 4.51. The number of nitrogens with one attached hydrogen (secondary N) is 1. The van der Waals surface area contributed by atoms with Crippen molar-refractivity contribution in [2.45, 2.75) is 44.7 Å². The first-order chi connectivity index (χ1) is 14.3. The highest BCUT2D eigenvalue weighted by atomic mass is 35.5. The average molecular weight is 451 g/mol. The van der Waals surface area contributed by atoms with Crippen molar-refractivity contribution in [3.05, 3.63) is 64.9 Å². The van der Waals surface area contributed by atoms with Crippen molar-refractivity contribution >= 4 is 35.2 Å². The quantitative estimate of drug-likeness (QED) is 0.509. The highest BCUT2D eigenvalue weighted by Crippen LogP contribution is 2.22. The zero-order chi connectivity index (χ0) is 22.1. The molecule has 2 amide bonds. The number of carbonyl (C=O) groups is 2. The molecule has 0 saturated heterocycles. The number of amides is 2. The van der Waals surface area contributed by atoms with Gasteiger partial charge in [0.2, 0.25) is 11.8 Å². The lowest BCUT2D eigenvalue weighted by atomic mass is 10.1. The summed E-state index contributed by atoms with van der Waals surface area (Å²) < 4.78 is 13.3. The van der Waals surface area contributed by atoms with Crippen LogP contribution in [0.15, 0.2) is 53.4 Å². The van der Waals surface area contributed by atoms with Crippen LogP contribution < -0.4 is 5.32 Å². The largest absolute Gasteiger partial charge is 0.354 e. The Balaban J connectivity index is 2.17. The minimum Gasteiger partial charge on any atom is -0.354 e. The van der Waals surface area contributed by atoms with Crippen LogP contribution >= 0.6 is 23.4 Å². The topological polar surface area (TPSA) is 49.4 Å². The van der Waals surface area contributed by atoms with E-state index in [9.17, 15) is 14.0 Å². The molecule has 2 rings (SSSR count). The van der Waals surface area contributed by atoms with Crippen LogP contribution in [0.2, 0.25) is 5.02 Å². The van der Waals surface area contributed by atoms with E-state index in [1.807, 2.05) is 32.9 Å². The van der Waals surface area contributed by atoms with Gasteiger partial charge in [-0.05, 0) is 54.3 Å². The van der Waals surface area contributed by atoms with Crippen LogP contribution in [0.4, 0.5) is 4.39 Å². The van der Waals surface area contributed by atoms with E-state index in [-0.39, 0.29) is 29.9 Å². The summed E-state index contributed by atoms with van der Waals surface area (Å²) >= 11 is 7.31. The molecule has 0 unspecified atom stereocenters. The van der Waals surface area contributed by atoms with Gasteiger partial charge in [-0.3, -0.25) is 9.59 Å². The van der Waals surface area contributed by atoms with Crippen molar-refractivity contribution in [2.24, 2.45) is 5.92 Å². The first-order valence-electron chi connectivity index (χ1n) is 10.00. The van der Waals surface area contributed by atoms with Gasteiger partial charge in [-0.2, -0.15) is 0 Å². The summed E-state index contributed by atoms with van der Waals surface area (Å²) in [6.45, 7) is 6.72. The molecule has 0 bridgehead atoms. The molecule has 1 atom stereocenters. The fourth-order valence-corrected chi connectivity index (χ4v) is 3.80. The minimum absolute atomic E-state index is 0.147. The molecule has 2 aromatic carbocycles. The lowest BCUT2D eigenvalue weighted by molar-refractivity contribution is -0.139. The number of halogens is 2. The highest BCUT2D eigenvalue weighted by molar-refractivity contribution is 8.00. The normalized spacial score (nSPS) is 11.9. The molecule has 0 spiro atoms. The van der Waals surface area contributed by atoms with Gasteiger partial charge in [0.15, 0.2) is 0 Å². The Morgan fingerprint density at radius 2 is 1.73 bits per heavy atom. The van der Waals surface area contributed by atoms with Crippen LogP contribution in [0.5, 0.6) is 0 Å². The lowest BCUT2D eigenvalue weighted by Crippen LogP contribution is -2.50. The van der Waals surface area contributed by atoms with Gasteiger partial charge in [-0.1, -0.05) is 44.5 Å². The third kappa shape index (κ3) is 7.65. The predicted molar refractivity (Wildman–Crippen MR) is 121 cm³/mol. The fourth-order valence-electron chi connectivity index (χ4n) is 2.89. The van der Waals surface area contributed by atoms with Crippen LogP contribution in [-0.2, 0) is 16.1 Å². The molecule has 0 aromatic heterocycles. The molecule has 0 aliphatic rings. The molecular weight excluding hydrogens is 423 g/mol. The van der Waals surface area contributed by atoms with E-state index >= 15 is 0 Å². The number of carbonyl (C=O) groups excluding carboxylic acids is 2. The van der Waals surface area contributed by atoms with Gasteiger partial charge in [-0.25, -0.2) is 4.39 Å². The van der Waals surface area contributed by atoms with Gasteiger partial charge in [0.25, 0.3) is 0 Å². The summed E-state index contributed by atoms with van der Waals surface area (Å²) in [6.07, 6.45) is 0.489. The van der Waals surface area contributed by atoms with E-state index in [4.69, 9.17) is 11.6 Å². The molecule has 30 heavy (non-hydrogen) atoms. The van der Waals surface area contributed by atoms with E-state index in [1.165, 1.54) is 23.9 Å². The summed E-state index contributed by atoms with van der Waals surface area (Å²) in [6, 6.07) is 12.7. The van der Waals surface area contributed by atoms with Crippen molar-refractivity contribution in [1.82, 2.24) is 10.2 Å². The van der Waals surface area contributed by atoms with E-state index in [0.29, 0.717) is 23.9 Å². The Kier molecular flexibility index (Phi) is 9.66. The second kappa shape index (κ2) is 12.0. The molecular formula is C23H28ClFN2O2S. The van der Waals surface area contributed by atoms with Crippen LogP contribution in [0.25, 0.3) is 0 Å². The number of hydrogen-bond acceptors (Lipinski definition) is 3. The molecule has 162 valence electrons. The zero-order valence-corrected chi connectivity index (χ0v) is 19.1. The van der Waals surface area contributed by atoms with Gasteiger partial charge in [0, 0.05) is 23.0 Å². The first kappa shape index (κ1) is 24.2. The van der Waals surface area contributed by atoms with Crippen molar-refractivity contribution in [2.75, 3.05) is 12.3 Å². The van der Waals surface area contributed by atoms with E-state index in [1.54, 1.807) is 29.2 Å². The SMILES string of the molecule is CC[C@@H](C(=O)NCC(C)C)N(Cc1ccc(F)cc1)C(=O)CSc1ccc(Cl)cc1. The molecule has 1 N–H and O–H groups in total. The predicted octanol–water partition coefficient (Wildman–Crippen LogP) is 5.15. The molecule has 0 aliphatic carbocycles. The van der Waals surface area contributed by atoms with Crippen molar-refractivity contribution < 1.29 is 14.0 Å². The van der Waals surface area contributed by atoms with Gasteiger partial charge in [-0.15, -0.1) is 11.8 Å². The molecule has 0 radical (unpaired) electrons. The van der Waals surface area contributed by atoms with Crippen molar-refractivity contribution in [3.8, 4) is 0 Å². The zero-order valence-electron chi connectivity index (χ0n) is 17.5. The van der Waals surface area contributed by atoms with Gasteiger partial charge in [0.1, 0.15) is 11.9 Å². The summed E-state index contributed by atoms with van der Waals surface area (Å²) in [4.78, 5) is 28.4. The van der Waals surface area contributed by atoms with Crippen LogP contribution in [0.3, 0.4) is 0 Å². The van der Waals surface area contributed by atoms with Crippen molar-refractivity contribution in [1.29, 1.82) is 0 Å². The Labute approximate surface area is 187 Å². The molecule has 0 fully saturated rings. The average Bonchev–Trinajstić information content (AvgIpc) is 2.72. The molecule has 7 heteroatoms. The van der Waals surface area contributed by atoms with Crippen LogP contribution in [-0.4, -0.2) is 35.1 Å². The first-order valence-corrected chi connectivity index (χ1v) is 11.4. The smallest absolute Gasteiger partial charge is 0.242 e. The van der Waals surface area contributed by atoms with Crippen LogP contribution in [0.1, 0.15) is 32.8 Å². The number of rotatable bonds is 10. The number of benzene rings is 2. The Morgan fingerprint density at radius 1 is 1.10 bits per heavy atom. The monoisotopic (exact) mass is 450 g/mol. The van der Waals surface area contributed by atoms with Crippen molar-refractivity contribution in [3.63, 3.8) is 0 Å². The maximum Gasteiger partial charge on any atom is 0.242 e. The van der Waals surface area contributed by atoms with E-state index in [2.05, 4.69) is 5.32 Å². The second-order valence-corrected chi connectivity index (χ2v) is 8.94. The fraction of sp³-hybridized carbons (Fsp3) is 0.391. The second-order valence-electron chi connectivity index (χ2n) is 7.45. The molecule has 2 aromatic rings. The lowest BCUT2D eigenvalue weighted by Gasteiger charge is -2.31. The summed E-state index contributed by atoms with van der Waals surface area (Å²) in [5, 5.41) is 3.56. The molecule has 4 nitrogen and oxygen atoms in total. The highest BCUT2D eigenvalue weighted by Gasteiger charge is 2.28. The molecule has 0 aliphatic heterocycles. The number of nitrogens with zero attached hydrogens (tertiary/aromatic N) is 1. The van der Waals surface area contributed by atoms with E-state index < -0.39 is 6.04 Å². The van der Waals surface area contributed by atoms with E-state index in [0.717, 1.165) is 10.5 Å².